The fraction of sp³-hybridized carbons (Fsp3) is 0.923. The molecule has 0 unspecified atom stereocenters. The molecule has 2 N–H and O–H groups in total. The van der Waals surface area contributed by atoms with Crippen LogP contribution < -0.4 is 10.6 Å². The zero-order valence-corrected chi connectivity index (χ0v) is 17.7. The predicted octanol–water partition coefficient (Wildman–Crippen LogP) is 2.67. The summed E-state index contributed by atoms with van der Waals surface area (Å²) in [6.07, 6.45) is -4.92. The van der Waals surface area contributed by atoms with Crippen molar-refractivity contribution in [1.82, 2.24) is 14.9 Å². The Morgan fingerprint density at radius 3 is 2.11 bits per heavy atom. The molecule has 1 saturated heterocycles. The van der Waals surface area contributed by atoms with Gasteiger partial charge < -0.3 is 10.6 Å². The lowest BCUT2D eigenvalue weighted by Gasteiger charge is -2.30. The summed E-state index contributed by atoms with van der Waals surface area (Å²) in [6.45, 7) is 1.47. The molecule has 1 aliphatic rings. The molecule has 0 aromatic carbocycles. The summed E-state index contributed by atoms with van der Waals surface area (Å²) in [4.78, 5) is 4.13. The highest BCUT2D eigenvalue weighted by Gasteiger charge is 2.50. The maximum Gasteiger partial charge on any atom is 0.511 e. The van der Waals surface area contributed by atoms with Crippen molar-refractivity contribution in [3.05, 3.63) is 0 Å². The van der Waals surface area contributed by atoms with Crippen LogP contribution in [0.3, 0.4) is 0 Å². The number of piperidine rings is 1. The molecule has 27 heavy (non-hydrogen) atoms. The van der Waals surface area contributed by atoms with Crippen LogP contribution in [0.25, 0.3) is 0 Å². The van der Waals surface area contributed by atoms with Gasteiger partial charge in [0.2, 0.25) is 0 Å². The number of hydrogen-bond acceptors (Lipinski definition) is 3. The summed E-state index contributed by atoms with van der Waals surface area (Å²) in [5.74, 6) is 0.0369. The van der Waals surface area contributed by atoms with E-state index < -0.39 is 28.1 Å². The van der Waals surface area contributed by atoms with Crippen LogP contribution in [0, 0.1) is 5.92 Å². The molecule has 162 valence electrons. The number of rotatable bonds is 6. The van der Waals surface area contributed by atoms with Crippen molar-refractivity contribution in [1.29, 1.82) is 0 Å². The van der Waals surface area contributed by atoms with E-state index in [0.717, 1.165) is 0 Å². The van der Waals surface area contributed by atoms with E-state index >= 15 is 0 Å². The number of aliphatic imine (C=N–C) groups is 1. The number of nitrogens with zero attached hydrogens (tertiary/aromatic N) is 2. The average molecular weight is 540 g/mol. The van der Waals surface area contributed by atoms with Crippen LogP contribution in [0.2, 0.25) is 0 Å². The van der Waals surface area contributed by atoms with Crippen LogP contribution in [-0.2, 0) is 10.0 Å². The molecule has 0 radical (unpaired) electrons. The molecule has 0 bridgehead atoms. The molecule has 1 heterocycles. The maximum absolute atomic E-state index is 12.5. The molecule has 0 spiro atoms. The van der Waals surface area contributed by atoms with E-state index in [0.29, 0.717) is 10.8 Å². The topological polar surface area (TPSA) is 73.8 Å². The standard InChI is InChI=1S/C13H22F6N4O2S.HI/c1-2-20-11(21-6-5-12(14,15)16)22-9-10-3-7-23(8-4-10)26(24,25)13(17,18)19;/h10H,2-9H2,1H3,(H2,20,21,22);1H. The number of guanidine groups is 1. The Morgan fingerprint density at radius 1 is 1.11 bits per heavy atom. The number of halogens is 7. The first-order valence-corrected chi connectivity index (χ1v) is 9.46. The monoisotopic (exact) mass is 540 g/mol. The molecule has 1 rings (SSSR count). The van der Waals surface area contributed by atoms with Crippen molar-refractivity contribution in [3.63, 3.8) is 0 Å². The molecule has 1 aliphatic heterocycles. The third kappa shape index (κ3) is 9.02. The van der Waals surface area contributed by atoms with Crippen LogP contribution in [0.4, 0.5) is 26.3 Å². The fourth-order valence-corrected chi connectivity index (χ4v) is 3.35. The summed E-state index contributed by atoms with van der Waals surface area (Å²) < 4.78 is 97.0. The maximum atomic E-state index is 12.5. The summed E-state index contributed by atoms with van der Waals surface area (Å²) in [5, 5.41) is 5.31. The number of nitrogens with one attached hydrogen (secondary N) is 2. The molecule has 0 aromatic heterocycles. The van der Waals surface area contributed by atoms with Gasteiger partial charge >= 0.3 is 21.7 Å². The molecule has 1 fully saturated rings. The highest BCUT2D eigenvalue weighted by atomic mass is 127. The smallest absolute Gasteiger partial charge is 0.357 e. The van der Waals surface area contributed by atoms with Gasteiger partial charge in [0.1, 0.15) is 0 Å². The van der Waals surface area contributed by atoms with Gasteiger partial charge in [-0.05, 0) is 25.7 Å². The first-order valence-electron chi connectivity index (χ1n) is 8.02. The van der Waals surface area contributed by atoms with Gasteiger partial charge in [-0.25, -0.2) is 8.42 Å². The van der Waals surface area contributed by atoms with Crippen LogP contribution in [0.1, 0.15) is 26.2 Å². The number of hydrogen-bond donors (Lipinski definition) is 2. The lowest BCUT2D eigenvalue weighted by atomic mass is 9.98. The van der Waals surface area contributed by atoms with Gasteiger partial charge in [0.05, 0.1) is 6.42 Å². The van der Waals surface area contributed by atoms with Crippen molar-refractivity contribution in [2.45, 2.75) is 37.9 Å². The Hall–Kier alpha value is -0.510. The zero-order chi connectivity index (χ0) is 20.0. The van der Waals surface area contributed by atoms with Crippen LogP contribution >= 0.6 is 24.0 Å². The van der Waals surface area contributed by atoms with Gasteiger partial charge in [0.25, 0.3) is 0 Å². The SMILES string of the molecule is CCNC(=NCC1CCN(S(=O)(=O)C(F)(F)F)CC1)NCCC(F)(F)F.I. The van der Waals surface area contributed by atoms with E-state index in [4.69, 9.17) is 0 Å². The first kappa shape index (κ1) is 26.5. The summed E-state index contributed by atoms with van der Waals surface area (Å²) in [5.41, 5.74) is -5.32. The average Bonchev–Trinajstić information content (AvgIpc) is 2.50. The molecule has 0 atom stereocenters. The predicted molar refractivity (Wildman–Crippen MR) is 99.3 cm³/mol. The lowest BCUT2D eigenvalue weighted by Crippen LogP contribution is -2.45. The van der Waals surface area contributed by atoms with Gasteiger partial charge in [0.15, 0.2) is 5.96 Å². The molecule has 0 saturated carbocycles. The normalized spacial score (nSPS) is 18.1. The van der Waals surface area contributed by atoms with Gasteiger partial charge in [-0.2, -0.15) is 30.6 Å². The number of alkyl halides is 6. The van der Waals surface area contributed by atoms with E-state index in [1.54, 1.807) is 6.92 Å². The summed E-state index contributed by atoms with van der Waals surface area (Å²) in [6, 6.07) is 0. The van der Waals surface area contributed by atoms with Crippen LogP contribution in [-0.4, -0.2) is 63.1 Å². The summed E-state index contributed by atoms with van der Waals surface area (Å²) >= 11 is 0. The highest BCUT2D eigenvalue weighted by Crippen LogP contribution is 2.30. The third-order valence-electron chi connectivity index (χ3n) is 3.76. The molecule has 14 heteroatoms. The van der Waals surface area contributed by atoms with E-state index in [1.807, 2.05) is 0 Å². The van der Waals surface area contributed by atoms with Crippen molar-refractivity contribution >= 4 is 40.0 Å². The van der Waals surface area contributed by atoms with Crippen LogP contribution in [0.5, 0.6) is 0 Å². The second-order valence-corrected chi connectivity index (χ2v) is 7.73. The quantitative estimate of drug-likeness (QED) is 0.235. The second-order valence-electron chi connectivity index (χ2n) is 5.80. The Labute approximate surface area is 171 Å². The highest BCUT2D eigenvalue weighted by molar-refractivity contribution is 14.0. The zero-order valence-electron chi connectivity index (χ0n) is 14.5. The molecular formula is C13H23F6IN4O2S. The lowest BCUT2D eigenvalue weighted by molar-refractivity contribution is -0.132. The van der Waals surface area contributed by atoms with Crippen molar-refractivity contribution < 1.29 is 34.8 Å². The largest absolute Gasteiger partial charge is 0.511 e. The summed E-state index contributed by atoms with van der Waals surface area (Å²) in [7, 11) is -5.32. The van der Waals surface area contributed by atoms with Crippen molar-refractivity contribution in [2.24, 2.45) is 10.9 Å². The Kier molecular flexibility index (Phi) is 10.7. The fourth-order valence-electron chi connectivity index (χ4n) is 2.36. The van der Waals surface area contributed by atoms with Gasteiger partial charge in [-0.3, -0.25) is 4.99 Å². The molecule has 0 aromatic rings. The van der Waals surface area contributed by atoms with E-state index in [2.05, 4.69) is 15.6 Å². The molecule has 0 aliphatic carbocycles. The van der Waals surface area contributed by atoms with Crippen molar-refractivity contribution in [2.75, 3.05) is 32.7 Å². The van der Waals surface area contributed by atoms with Gasteiger partial charge in [0, 0.05) is 32.7 Å². The minimum absolute atomic E-state index is 0. The second kappa shape index (κ2) is 10.9. The minimum Gasteiger partial charge on any atom is -0.357 e. The van der Waals surface area contributed by atoms with E-state index in [1.165, 1.54) is 0 Å². The van der Waals surface area contributed by atoms with E-state index in [9.17, 15) is 34.8 Å². The Morgan fingerprint density at radius 2 is 1.67 bits per heavy atom. The first-order chi connectivity index (χ1) is 11.9. The van der Waals surface area contributed by atoms with Gasteiger partial charge in [-0.1, -0.05) is 0 Å². The molecular weight excluding hydrogens is 517 g/mol. The van der Waals surface area contributed by atoms with Crippen molar-refractivity contribution in [3.8, 4) is 0 Å². The molecule has 6 nitrogen and oxygen atoms in total. The van der Waals surface area contributed by atoms with Crippen LogP contribution in [0.15, 0.2) is 4.99 Å². The molecule has 0 amide bonds. The third-order valence-corrected chi connectivity index (χ3v) is 5.39. The minimum atomic E-state index is -5.32. The Balaban J connectivity index is 0.00000676. The van der Waals surface area contributed by atoms with Gasteiger partial charge in [-0.15, -0.1) is 24.0 Å². The number of sulfonamides is 1. The Bertz CT molecular complexity index is 574. The van der Waals surface area contributed by atoms with E-state index in [-0.39, 0.29) is 74.9 Å².